The summed E-state index contributed by atoms with van der Waals surface area (Å²) < 4.78 is 5.41. The van der Waals surface area contributed by atoms with Crippen molar-refractivity contribution in [2.45, 2.75) is 84.0 Å². The van der Waals surface area contributed by atoms with Crippen molar-refractivity contribution in [1.29, 1.82) is 0 Å². The number of ether oxygens (including phenoxy) is 1. The Bertz CT molecular complexity index is 213. The number of hydrogen-bond acceptors (Lipinski definition) is 2. The number of hydrogen-bond donors (Lipinski definition) is 0. The summed E-state index contributed by atoms with van der Waals surface area (Å²) in [7, 11) is 0. The van der Waals surface area contributed by atoms with Gasteiger partial charge in [-0.15, -0.1) is 0 Å². The van der Waals surface area contributed by atoms with E-state index < -0.39 is 0 Å². The second kappa shape index (κ2) is 10.4. The molecule has 0 aromatic heterocycles. The smallest absolute Gasteiger partial charge is 0.308 e. The normalized spacial score (nSPS) is 25.2. The van der Waals surface area contributed by atoms with Crippen LogP contribution in [0.5, 0.6) is 0 Å². The van der Waals surface area contributed by atoms with Crippen molar-refractivity contribution in [3.63, 3.8) is 0 Å². The summed E-state index contributed by atoms with van der Waals surface area (Å²) in [4.78, 5) is 12.0. The highest BCUT2D eigenvalue weighted by Crippen LogP contribution is 2.19. The molecule has 1 heterocycles. The van der Waals surface area contributed by atoms with Crippen molar-refractivity contribution in [2.75, 3.05) is 6.61 Å². The number of rotatable bonds is 2. The van der Waals surface area contributed by atoms with Crippen LogP contribution in [0.25, 0.3) is 0 Å². The van der Waals surface area contributed by atoms with Crippen LogP contribution >= 0.6 is 0 Å². The Morgan fingerprint density at radius 1 is 0.944 bits per heavy atom. The van der Waals surface area contributed by atoms with Gasteiger partial charge in [0.2, 0.25) is 0 Å². The van der Waals surface area contributed by atoms with E-state index in [1.807, 2.05) is 0 Å². The highest BCUT2D eigenvalue weighted by Gasteiger charge is 2.18. The molecule has 0 radical (unpaired) electrons. The van der Waals surface area contributed by atoms with E-state index in [2.05, 4.69) is 6.92 Å². The van der Waals surface area contributed by atoms with Crippen LogP contribution in [0, 0.1) is 5.92 Å². The summed E-state index contributed by atoms with van der Waals surface area (Å²) >= 11 is 0. The van der Waals surface area contributed by atoms with E-state index in [9.17, 15) is 4.79 Å². The van der Waals surface area contributed by atoms with Gasteiger partial charge in [-0.2, -0.15) is 0 Å². The first-order valence-electron chi connectivity index (χ1n) is 8.01. The van der Waals surface area contributed by atoms with Gasteiger partial charge in [-0.1, -0.05) is 64.7 Å². The summed E-state index contributed by atoms with van der Waals surface area (Å²) in [5.41, 5.74) is 0. The van der Waals surface area contributed by atoms with Crippen LogP contribution in [0.2, 0.25) is 0 Å². The second-order valence-electron chi connectivity index (χ2n) is 5.62. The van der Waals surface area contributed by atoms with Crippen LogP contribution < -0.4 is 0 Å². The maximum Gasteiger partial charge on any atom is 0.308 e. The lowest BCUT2D eigenvalue weighted by molar-refractivity contribution is -0.149. The largest absolute Gasteiger partial charge is 0.465 e. The standard InChI is InChI=1S/C16H30O2/c1-2-12-15-13-10-8-6-4-3-5-7-9-11-14-18-16(15)17/h15H,2-14H2,1H3. The molecule has 0 N–H and O–H groups in total. The summed E-state index contributed by atoms with van der Waals surface area (Å²) in [5, 5.41) is 0. The molecule has 1 unspecified atom stereocenters. The Morgan fingerprint density at radius 2 is 1.50 bits per heavy atom. The molecular weight excluding hydrogens is 224 g/mol. The molecule has 1 rings (SSSR count). The molecule has 0 bridgehead atoms. The number of cyclic esters (lactones) is 1. The van der Waals surface area contributed by atoms with Gasteiger partial charge >= 0.3 is 5.97 Å². The van der Waals surface area contributed by atoms with Gasteiger partial charge in [0.05, 0.1) is 12.5 Å². The Hall–Kier alpha value is -0.530. The lowest BCUT2D eigenvalue weighted by Crippen LogP contribution is -2.18. The van der Waals surface area contributed by atoms with E-state index in [0.29, 0.717) is 6.61 Å². The average Bonchev–Trinajstić information content (AvgIpc) is 2.37. The third kappa shape index (κ3) is 7.03. The second-order valence-corrected chi connectivity index (χ2v) is 5.62. The Labute approximate surface area is 112 Å². The fraction of sp³-hybridized carbons (Fsp3) is 0.938. The third-order valence-corrected chi connectivity index (χ3v) is 3.91. The topological polar surface area (TPSA) is 26.3 Å². The number of carbonyl (C=O) groups excluding carboxylic acids is 1. The van der Waals surface area contributed by atoms with Crippen molar-refractivity contribution >= 4 is 5.97 Å². The fourth-order valence-electron chi connectivity index (χ4n) is 2.75. The minimum atomic E-state index is 0.0638. The van der Waals surface area contributed by atoms with Gasteiger partial charge in [-0.3, -0.25) is 4.79 Å². The van der Waals surface area contributed by atoms with Crippen molar-refractivity contribution in [2.24, 2.45) is 5.92 Å². The van der Waals surface area contributed by atoms with Gasteiger partial charge in [0, 0.05) is 0 Å². The first-order valence-corrected chi connectivity index (χ1v) is 8.01. The Kier molecular flexibility index (Phi) is 8.97. The van der Waals surface area contributed by atoms with E-state index in [0.717, 1.165) is 25.7 Å². The average molecular weight is 254 g/mol. The first kappa shape index (κ1) is 15.5. The van der Waals surface area contributed by atoms with Gasteiger partial charge in [0.25, 0.3) is 0 Å². The molecule has 18 heavy (non-hydrogen) atoms. The number of carbonyl (C=O) groups is 1. The summed E-state index contributed by atoms with van der Waals surface area (Å²) in [6, 6.07) is 0. The third-order valence-electron chi connectivity index (χ3n) is 3.91. The molecule has 0 aromatic carbocycles. The van der Waals surface area contributed by atoms with Gasteiger partial charge in [-0.25, -0.2) is 0 Å². The van der Waals surface area contributed by atoms with Crippen LogP contribution in [0.1, 0.15) is 84.0 Å². The molecule has 1 saturated heterocycles. The molecule has 1 aliphatic rings. The van der Waals surface area contributed by atoms with Gasteiger partial charge in [0.15, 0.2) is 0 Å². The molecule has 0 saturated carbocycles. The van der Waals surface area contributed by atoms with E-state index in [1.165, 1.54) is 51.4 Å². The summed E-state index contributed by atoms with van der Waals surface area (Å²) in [5.74, 6) is 0.229. The fourth-order valence-corrected chi connectivity index (χ4v) is 2.75. The molecule has 2 nitrogen and oxygen atoms in total. The molecule has 0 amide bonds. The van der Waals surface area contributed by atoms with Crippen LogP contribution in [-0.4, -0.2) is 12.6 Å². The molecule has 1 fully saturated rings. The van der Waals surface area contributed by atoms with E-state index >= 15 is 0 Å². The van der Waals surface area contributed by atoms with Gasteiger partial charge in [-0.05, 0) is 19.3 Å². The Balaban J connectivity index is 2.35. The van der Waals surface area contributed by atoms with Crippen molar-refractivity contribution in [1.82, 2.24) is 0 Å². The Morgan fingerprint density at radius 3 is 2.11 bits per heavy atom. The van der Waals surface area contributed by atoms with Gasteiger partial charge < -0.3 is 4.74 Å². The van der Waals surface area contributed by atoms with Gasteiger partial charge in [0.1, 0.15) is 0 Å². The van der Waals surface area contributed by atoms with Crippen LogP contribution in [0.3, 0.4) is 0 Å². The monoisotopic (exact) mass is 254 g/mol. The molecule has 2 heteroatoms. The summed E-state index contributed by atoms with van der Waals surface area (Å²) in [6.45, 7) is 2.79. The zero-order chi connectivity index (χ0) is 13.1. The van der Waals surface area contributed by atoms with Crippen LogP contribution in [0.4, 0.5) is 0 Å². The van der Waals surface area contributed by atoms with Crippen LogP contribution in [0.15, 0.2) is 0 Å². The highest BCUT2D eigenvalue weighted by molar-refractivity contribution is 5.72. The zero-order valence-electron chi connectivity index (χ0n) is 12.1. The zero-order valence-corrected chi connectivity index (χ0v) is 12.1. The lowest BCUT2D eigenvalue weighted by Gasteiger charge is -2.15. The molecule has 0 spiro atoms. The predicted molar refractivity (Wildman–Crippen MR) is 75.5 cm³/mol. The summed E-state index contributed by atoms with van der Waals surface area (Å²) in [6.07, 6.45) is 14.6. The number of esters is 1. The van der Waals surface area contributed by atoms with Crippen LogP contribution in [-0.2, 0) is 9.53 Å². The highest BCUT2D eigenvalue weighted by atomic mass is 16.5. The van der Waals surface area contributed by atoms with E-state index in [-0.39, 0.29) is 11.9 Å². The minimum Gasteiger partial charge on any atom is -0.465 e. The SMILES string of the molecule is CCCC1CCCCCCCCCCCOC1=O. The first-order chi connectivity index (χ1) is 8.84. The van der Waals surface area contributed by atoms with Crippen molar-refractivity contribution in [3.05, 3.63) is 0 Å². The van der Waals surface area contributed by atoms with E-state index in [4.69, 9.17) is 4.74 Å². The molecule has 0 aromatic rings. The minimum absolute atomic E-state index is 0.0638. The molecule has 106 valence electrons. The molecule has 0 aliphatic carbocycles. The maximum atomic E-state index is 12.0. The lowest BCUT2D eigenvalue weighted by atomic mass is 9.96. The van der Waals surface area contributed by atoms with E-state index in [1.54, 1.807) is 0 Å². The predicted octanol–water partition coefficient (Wildman–Crippen LogP) is 4.86. The molecule has 1 atom stereocenters. The molecular formula is C16H30O2. The van der Waals surface area contributed by atoms with Crippen molar-refractivity contribution in [3.8, 4) is 0 Å². The quantitative estimate of drug-likeness (QED) is 0.658. The molecule has 1 aliphatic heterocycles. The maximum absolute atomic E-state index is 12.0. The van der Waals surface area contributed by atoms with Crippen molar-refractivity contribution < 1.29 is 9.53 Å².